The quantitative estimate of drug-likeness (QED) is 0.652. The van der Waals surface area contributed by atoms with Gasteiger partial charge in [0.15, 0.2) is 5.92 Å². The second-order valence-electron chi connectivity index (χ2n) is 4.95. The minimum Gasteiger partial charge on any atom is -0.462 e. The highest BCUT2D eigenvalue weighted by atomic mass is 32.2. The minimum absolute atomic E-state index is 0.106. The van der Waals surface area contributed by atoms with E-state index in [-0.39, 0.29) is 11.1 Å². The third-order valence-electron chi connectivity index (χ3n) is 2.80. The van der Waals surface area contributed by atoms with Crippen molar-refractivity contribution >= 4 is 16.7 Å². The zero-order valence-corrected chi connectivity index (χ0v) is 13.1. The van der Waals surface area contributed by atoms with Crippen molar-refractivity contribution in [3.05, 3.63) is 34.9 Å². The number of ether oxygens (including phenoxy) is 1. The normalized spacial score (nSPS) is 13.0. The average Bonchev–Trinajstić information content (AvgIpc) is 2.38. The number of nitrogens with zero attached hydrogens (tertiary/aromatic N) is 1. The van der Waals surface area contributed by atoms with Crippen LogP contribution in [-0.2, 0) is 32.2 Å². The molecule has 9 heteroatoms. The summed E-state index contributed by atoms with van der Waals surface area (Å²) < 4.78 is 64.9. The van der Waals surface area contributed by atoms with Gasteiger partial charge in [-0.25, -0.2) is 8.42 Å². The predicted octanol–water partition coefficient (Wildman–Crippen LogP) is 2.38. The fraction of sp³-hybridized carbons (Fsp3) is 0.429. The molecular weight excluding hydrogens is 335 g/mol. The molecule has 0 saturated heterocycles. The molecule has 0 aliphatic rings. The van der Waals surface area contributed by atoms with E-state index in [1.54, 1.807) is 19.9 Å². The number of alkyl halides is 3. The number of hydrogen-bond donors (Lipinski definition) is 1. The molecule has 0 aliphatic carbocycles. The molecule has 1 aromatic rings. The van der Waals surface area contributed by atoms with E-state index >= 15 is 0 Å². The molecule has 0 spiro atoms. The number of esters is 1. The summed E-state index contributed by atoms with van der Waals surface area (Å²) in [6.07, 6.45) is -5.19. The van der Waals surface area contributed by atoms with Gasteiger partial charge in [0.2, 0.25) is 0 Å². The number of carbonyl (C=O) groups excluding carboxylic acids is 1. The van der Waals surface area contributed by atoms with Crippen LogP contribution in [0.2, 0.25) is 0 Å². The molecule has 1 aromatic carbocycles. The summed E-state index contributed by atoms with van der Waals surface area (Å²) in [4.78, 5) is 11.9. The highest BCUT2D eigenvalue weighted by Crippen LogP contribution is 2.33. The minimum atomic E-state index is -4.66. The Kier molecular flexibility index (Phi) is 6.15. The molecule has 0 bridgehead atoms. The molecule has 1 unspecified atom stereocenters. The number of nitriles is 1. The monoisotopic (exact) mass is 349 g/mol. The van der Waals surface area contributed by atoms with Crippen molar-refractivity contribution in [2.75, 3.05) is 0 Å². The first-order valence-corrected chi connectivity index (χ1v) is 7.84. The summed E-state index contributed by atoms with van der Waals surface area (Å²) in [7, 11) is -3.04. The molecule has 0 saturated carbocycles. The van der Waals surface area contributed by atoms with E-state index < -0.39 is 46.2 Å². The van der Waals surface area contributed by atoms with Gasteiger partial charge in [-0.2, -0.15) is 18.4 Å². The fourth-order valence-corrected chi connectivity index (χ4v) is 2.44. The third-order valence-corrected chi connectivity index (χ3v) is 3.40. The molecule has 0 aliphatic heterocycles. The van der Waals surface area contributed by atoms with Crippen LogP contribution in [0.1, 0.15) is 36.5 Å². The molecule has 0 aromatic heterocycles. The van der Waals surface area contributed by atoms with Gasteiger partial charge in [0.1, 0.15) is 10.7 Å². The zero-order valence-electron chi connectivity index (χ0n) is 12.3. The highest BCUT2D eigenvalue weighted by molar-refractivity contribution is 7.71. The Bertz CT molecular complexity index is 697. The van der Waals surface area contributed by atoms with Crippen LogP contribution in [0.15, 0.2) is 18.2 Å². The lowest BCUT2D eigenvalue weighted by Gasteiger charge is -2.16. The maximum absolute atomic E-state index is 12.7. The molecule has 1 rings (SSSR count). The van der Waals surface area contributed by atoms with Crippen LogP contribution in [0.3, 0.4) is 0 Å². The Balaban J connectivity index is 3.38. The lowest BCUT2D eigenvalue weighted by atomic mass is 9.94. The van der Waals surface area contributed by atoms with Gasteiger partial charge in [-0.15, -0.1) is 0 Å². The summed E-state index contributed by atoms with van der Waals surface area (Å²) in [5, 5.41) is 9.13. The van der Waals surface area contributed by atoms with Gasteiger partial charge in [0, 0.05) is 0 Å². The van der Waals surface area contributed by atoms with Gasteiger partial charge in [0.05, 0.1) is 23.5 Å². The first-order valence-electron chi connectivity index (χ1n) is 6.48. The number of rotatable bonds is 5. The molecule has 0 radical (unpaired) electrons. The zero-order chi connectivity index (χ0) is 17.8. The number of hydrogen-bond acceptors (Lipinski definition) is 5. The second kappa shape index (κ2) is 7.46. The van der Waals surface area contributed by atoms with Crippen molar-refractivity contribution in [1.29, 1.82) is 5.26 Å². The van der Waals surface area contributed by atoms with Gasteiger partial charge in [-0.1, -0.05) is 6.07 Å². The Labute approximate surface area is 132 Å². The highest BCUT2D eigenvalue weighted by Gasteiger charge is 2.33. The lowest BCUT2D eigenvalue weighted by Crippen LogP contribution is -2.20. The van der Waals surface area contributed by atoms with Crippen molar-refractivity contribution in [3.63, 3.8) is 0 Å². The van der Waals surface area contributed by atoms with Crippen LogP contribution >= 0.6 is 0 Å². The topological polar surface area (TPSA) is 84.2 Å². The number of halogens is 3. The van der Waals surface area contributed by atoms with Crippen LogP contribution in [0.4, 0.5) is 13.2 Å². The Morgan fingerprint density at radius 3 is 2.39 bits per heavy atom. The molecule has 0 heterocycles. The van der Waals surface area contributed by atoms with Gasteiger partial charge < -0.3 is 4.74 Å². The molecule has 0 N–H and O–H groups in total. The molecule has 0 fully saturated rings. The van der Waals surface area contributed by atoms with Gasteiger partial charge in [0.25, 0.3) is 0 Å². The van der Waals surface area contributed by atoms with Crippen molar-refractivity contribution in [3.8, 4) is 6.07 Å². The lowest BCUT2D eigenvalue weighted by molar-refractivity contribution is -0.147. The third kappa shape index (κ3) is 5.25. The first-order chi connectivity index (χ1) is 10.6. The van der Waals surface area contributed by atoms with Crippen LogP contribution in [0.5, 0.6) is 0 Å². The predicted molar refractivity (Wildman–Crippen MR) is 75.0 cm³/mol. The van der Waals surface area contributed by atoms with E-state index in [1.165, 1.54) is 0 Å². The van der Waals surface area contributed by atoms with Crippen molar-refractivity contribution < 1.29 is 31.1 Å². The SMILES string of the molecule is CC(C)OC(=O)C(C#N)c1ccc(C(F)(F)F)cc1C[SH](=O)=O. The number of carbonyl (C=O) groups is 1. The van der Waals surface area contributed by atoms with Gasteiger partial charge in [-0.05, 0) is 37.1 Å². The summed E-state index contributed by atoms with van der Waals surface area (Å²) >= 11 is 0. The smallest absolute Gasteiger partial charge is 0.416 e. The molecular formula is C14H14F3NO4S. The van der Waals surface area contributed by atoms with E-state index in [1.807, 2.05) is 0 Å². The number of thiol groups is 1. The summed E-state index contributed by atoms with van der Waals surface area (Å²) in [5.41, 5.74) is -1.41. The summed E-state index contributed by atoms with van der Waals surface area (Å²) in [6.45, 7) is 3.10. The van der Waals surface area contributed by atoms with Crippen molar-refractivity contribution in [2.45, 2.75) is 37.8 Å². The largest absolute Gasteiger partial charge is 0.462 e. The van der Waals surface area contributed by atoms with Gasteiger partial charge in [-0.3, -0.25) is 4.79 Å². The molecule has 23 heavy (non-hydrogen) atoms. The van der Waals surface area contributed by atoms with Gasteiger partial charge >= 0.3 is 12.1 Å². The standard InChI is InChI=1S/C14H14F3NO4S/c1-8(2)22-13(19)12(6-18)11-4-3-10(14(15,16)17)5-9(11)7-23(20)21/h3-5,8,12,23H,7H2,1-2H3. The maximum atomic E-state index is 12.7. The van der Waals surface area contributed by atoms with Crippen LogP contribution in [0.25, 0.3) is 0 Å². The van der Waals surface area contributed by atoms with Crippen molar-refractivity contribution in [2.24, 2.45) is 0 Å². The molecule has 126 valence electrons. The van der Waals surface area contributed by atoms with E-state index in [0.717, 1.165) is 6.07 Å². The molecule has 0 amide bonds. The average molecular weight is 349 g/mol. The van der Waals surface area contributed by atoms with Crippen LogP contribution in [0, 0.1) is 11.3 Å². The molecule has 5 nitrogen and oxygen atoms in total. The maximum Gasteiger partial charge on any atom is 0.416 e. The summed E-state index contributed by atoms with van der Waals surface area (Å²) in [5.74, 6) is -3.14. The molecule has 1 atom stereocenters. The Morgan fingerprint density at radius 2 is 1.96 bits per heavy atom. The van der Waals surface area contributed by atoms with E-state index in [4.69, 9.17) is 10.00 Å². The van der Waals surface area contributed by atoms with E-state index in [0.29, 0.717) is 12.1 Å². The van der Waals surface area contributed by atoms with E-state index in [9.17, 15) is 26.4 Å². The number of benzene rings is 1. The summed E-state index contributed by atoms with van der Waals surface area (Å²) in [6, 6.07) is 3.91. The van der Waals surface area contributed by atoms with Crippen molar-refractivity contribution in [1.82, 2.24) is 0 Å². The Morgan fingerprint density at radius 1 is 1.35 bits per heavy atom. The first kappa shape index (κ1) is 19.0. The van der Waals surface area contributed by atoms with E-state index in [2.05, 4.69) is 0 Å². The second-order valence-corrected chi connectivity index (χ2v) is 5.93. The van der Waals surface area contributed by atoms with Crippen LogP contribution < -0.4 is 0 Å². The van der Waals surface area contributed by atoms with Crippen LogP contribution in [-0.4, -0.2) is 20.5 Å². The fourth-order valence-electron chi connectivity index (χ4n) is 1.89. The Hall–Kier alpha value is -2.08.